The van der Waals surface area contributed by atoms with Crippen molar-refractivity contribution in [3.63, 3.8) is 0 Å². The van der Waals surface area contributed by atoms with Crippen molar-refractivity contribution < 1.29 is 9.53 Å². The molecule has 0 unspecified atom stereocenters. The van der Waals surface area contributed by atoms with Gasteiger partial charge in [-0.05, 0) is 25.5 Å². The fourth-order valence-corrected chi connectivity index (χ4v) is 2.20. The lowest BCUT2D eigenvalue weighted by molar-refractivity contribution is 0.0520. The standard InChI is InChI=1S/C13H12Cl2N2O2/c1-3-19-13(18)10-6-17(7-16-10)12-9(14)5-4-8(2)11(12)15/h4-7H,3H2,1-2H3. The van der Waals surface area contributed by atoms with Gasteiger partial charge in [0.1, 0.15) is 6.33 Å². The van der Waals surface area contributed by atoms with Crippen LogP contribution in [0.2, 0.25) is 10.0 Å². The number of hydrogen-bond donors (Lipinski definition) is 0. The molecule has 0 aliphatic heterocycles. The summed E-state index contributed by atoms with van der Waals surface area (Å²) in [4.78, 5) is 15.6. The van der Waals surface area contributed by atoms with Gasteiger partial charge >= 0.3 is 5.97 Å². The molecule has 0 aliphatic rings. The van der Waals surface area contributed by atoms with E-state index in [1.54, 1.807) is 23.8 Å². The first-order valence-corrected chi connectivity index (χ1v) is 6.46. The minimum atomic E-state index is -0.471. The first kappa shape index (κ1) is 13.9. The molecular weight excluding hydrogens is 287 g/mol. The van der Waals surface area contributed by atoms with E-state index < -0.39 is 5.97 Å². The van der Waals surface area contributed by atoms with Gasteiger partial charge in [-0.15, -0.1) is 0 Å². The molecule has 4 nitrogen and oxygen atoms in total. The second-order valence-electron chi connectivity index (χ2n) is 3.91. The van der Waals surface area contributed by atoms with Crippen LogP contribution in [0.15, 0.2) is 24.7 Å². The van der Waals surface area contributed by atoms with Crippen LogP contribution in [0.1, 0.15) is 23.0 Å². The smallest absolute Gasteiger partial charge is 0.358 e. The van der Waals surface area contributed by atoms with Crippen molar-refractivity contribution in [3.8, 4) is 5.69 Å². The highest BCUT2D eigenvalue weighted by atomic mass is 35.5. The Morgan fingerprint density at radius 1 is 1.42 bits per heavy atom. The Hall–Kier alpha value is -1.52. The lowest BCUT2D eigenvalue weighted by Gasteiger charge is -2.09. The number of aromatic nitrogens is 2. The SMILES string of the molecule is CCOC(=O)c1cn(-c2c(Cl)ccc(C)c2Cl)cn1. The molecule has 1 heterocycles. The van der Waals surface area contributed by atoms with Crippen molar-refractivity contribution in [2.45, 2.75) is 13.8 Å². The van der Waals surface area contributed by atoms with Gasteiger partial charge in [0.05, 0.1) is 22.3 Å². The number of halogens is 2. The van der Waals surface area contributed by atoms with Crippen molar-refractivity contribution in [1.82, 2.24) is 9.55 Å². The number of aryl methyl sites for hydroxylation is 1. The third-order valence-corrected chi connectivity index (χ3v) is 3.37. The number of carbonyl (C=O) groups excluding carboxylic acids is 1. The molecule has 0 N–H and O–H groups in total. The van der Waals surface area contributed by atoms with Crippen LogP contribution in [-0.4, -0.2) is 22.1 Å². The molecule has 19 heavy (non-hydrogen) atoms. The van der Waals surface area contributed by atoms with Crippen LogP contribution in [0.5, 0.6) is 0 Å². The van der Waals surface area contributed by atoms with Crippen LogP contribution >= 0.6 is 23.2 Å². The van der Waals surface area contributed by atoms with Gasteiger partial charge < -0.3 is 9.30 Å². The summed E-state index contributed by atoms with van der Waals surface area (Å²) in [5.41, 5.74) is 1.72. The maximum absolute atomic E-state index is 11.6. The van der Waals surface area contributed by atoms with Crippen molar-refractivity contribution in [1.29, 1.82) is 0 Å². The minimum absolute atomic E-state index is 0.218. The number of imidazole rings is 1. The van der Waals surface area contributed by atoms with Crippen LogP contribution in [-0.2, 0) is 4.74 Å². The minimum Gasteiger partial charge on any atom is -0.461 e. The van der Waals surface area contributed by atoms with Crippen LogP contribution < -0.4 is 0 Å². The van der Waals surface area contributed by atoms with Crippen molar-refractivity contribution >= 4 is 29.2 Å². The van der Waals surface area contributed by atoms with Gasteiger partial charge in [-0.1, -0.05) is 29.3 Å². The van der Waals surface area contributed by atoms with Crippen molar-refractivity contribution in [2.75, 3.05) is 6.61 Å². The Morgan fingerprint density at radius 3 is 2.84 bits per heavy atom. The predicted octanol–water partition coefficient (Wildman–Crippen LogP) is 3.66. The average Bonchev–Trinajstić information content (AvgIpc) is 2.84. The van der Waals surface area contributed by atoms with E-state index in [1.165, 1.54) is 6.33 Å². The summed E-state index contributed by atoms with van der Waals surface area (Å²) >= 11 is 12.4. The Labute approximate surface area is 120 Å². The zero-order valence-electron chi connectivity index (χ0n) is 10.5. The fraction of sp³-hybridized carbons (Fsp3) is 0.231. The van der Waals surface area contributed by atoms with Gasteiger partial charge in [0.15, 0.2) is 5.69 Å². The zero-order chi connectivity index (χ0) is 14.0. The quantitative estimate of drug-likeness (QED) is 0.812. The summed E-state index contributed by atoms with van der Waals surface area (Å²) in [6.07, 6.45) is 3.03. The number of ether oxygens (including phenoxy) is 1. The Morgan fingerprint density at radius 2 is 2.16 bits per heavy atom. The number of carbonyl (C=O) groups is 1. The summed E-state index contributed by atoms with van der Waals surface area (Å²) in [5.74, 6) is -0.471. The first-order valence-electron chi connectivity index (χ1n) is 5.70. The Bertz CT molecular complexity index is 623. The molecule has 0 fully saturated rings. The maximum Gasteiger partial charge on any atom is 0.358 e. The second kappa shape index (κ2) is 5.63. The van der Waals surface area contributed by atoms with Crippen LogP contribution in [0.25, 0.3) is 5.69 Å². The van der Waals surface area contributed by atoms with Gasteiger partial charge in [-0.25, -0.2) is 9.78 Å². The van der Waals surface area contributed by atoms with Gasteiger partial charge in [0, 0.05) is 6.20 Å². The Balaban J connectivity index is 2.44. The molecule has 0 saturated heterocycles. The number of nitrogens with zero attached hydrogens (tertiary/aromatic N) is 2. The summed E-state index contributed by atoms with van der Waals surface area (Å²) in [6.45, 7) is 3.92. The van der Waals surface area contributed by atoms with E-state index in [2.05, 4.69) is 4.98 Å². The average molecular weight is 299 g/mol. The fourth-order valence-electron chi connectivity index (χ4n) is 1.63. The molecule has 0 bridgehead atoms. The molecule has 1 aromatic heterocycles. The van der Waals surface area contributed by atoms with E-state index in [4.69, 9.17) is 27.9 Å². The van der Waals surface area contributed by atoms with E-state index in [0.717, 1.165) is 5.56 Å². The maximum atomic E-state index is 11.6. The topological polar surface area (TPSA) is 44.1 Å². The lowest BCUT2D eigenvalue weighted by atomic mass is 10.2. The van der Waals surface area contributed by atoms with Gasteiger partial charge in [-0.3, -0.25) is 0 Å². The van der Waals surface area contributed by atoms with Crippen LogP contribution in [0.4, 0.5) is 0 Å². The monoisotopic (exact) mass is 298 g/mol. The molecule has 0 spiro atoms. The first-order chi connectivity index (χ1) is 9.04. The molecule has 2 aromatic rings. The lowest BCUT2D eigenvalue weighted by Crippen LogP contribution is -2.04. The van der Waals surface area contributed by atoms with E-state index in [9.17, 15) is 4.79 Å². The molecule has 2 rings (SSSR count). The molecule has 0 amide bonds. The third-order valence-electron chi connectivity index (χ3n) is 2.59. The Kier molecular flexibility index (Phi) is 4.12. The highest BCUT2D eigenvalue weighted by Gasteiger charge is 2.15. The van der Waals surface area contributed by atoms with Gasteiger partial charge in [-0.2, -0.15) is 0 Å². The normalized spacial score (nSPS) is 10.5. The van der Waals surface area contributed by atoms with Crippen LogP contribution in [0.3, 0.4) is 0 Å². The largest absolute Gasteiger partial charge is 0.461 e. The molecule has 0 saturated carbocycles. The predicted molar refractivity (Wildman–Crippen MR) is 74.3 cm³/mol. The highest BCUT2D eigenvalue weighted by Crippen LogP contribution is 2.31. The number of hydrogen-bond acceptors (Lipinski definition) is 3. The van der Waals surface area contributed by atoms with E-state index in [-0.39, 0.29) is 5.69 Å². The number of esters is 1. The summed E-state index contributed by atoms with van der Waals surface area (Å²) in [5, 5.41) is 1.02. The molecule has 0 radical (unpaired) electrons. The third kappa shape index (κ3) is 2.74. The summed E-state index contributed by atoms with van der Waals surface area (Å²) in [7, 11) is 0. The zero-order valence-corrected chi connectivity index (χ0v) is 12.0. The van der Waals surface area contributed by atoms with E-state index in [1.807, 2.05) is 13.0 Å². The second-order valence-corrected chi connectivity index (χ2v) is 4.70. The number of rotatable bonds is 3. The summed E-state index contributed by atoms with van der Waals surface area (Å²) in [6, 6.07) is 3.58. The van der Waals surface area contributed by atoms with Gasteiger partial charge in [0.25, 0.3) is 0 Å². The molecule has 1 aromatic carbocycles. The van der Waals surface area contributed by atoms with E-state index >= 15 is 0 Å². The van der Waals surface area contributed by atoms with Gasteiger partial charge in [0.2, 0.25) is 0 Å². The molecule has 100 valence electrons. The highest BCUT2D eigenvalue weighted by molar-refractivity contribution is 6.38. The van der Waals surface area contributed by atoms with E-state index in [0.29, 0.717) is 22.3 Å². The molecular formula is C13H12Cl2N2O2. The number of benzene rings is 1. The van der Waals surface area contributed by atoms with Crippen molar-refractivity contribution in [2.24, 2.45) is 0 Å². The van der Waals surface area contributed by atoms with Crippen molar-refractivity contribution in [3.05, 3.63) is 46.0 Å². The molecule has 0 aliphatic carbocycles. The van der Waals surface area contributed by atoms with Crippen LogP contribution in [0, 0.1) is 6.92 Å². The molecule has 0 atom stereocenters. The summed E-state index contributed by atoms with van der Waals surface area (Å²) < 4.78 is 6.50. The molecule has 6 heteroatoms.